The van der Waals surface area contributed by atoms with Gasteiger partial charge < -0.3 is 15.5 Å². The molecule has 0 radical (unpaired) electrons. The number of H-pyrrole nitrogens is 1. The van der Waals surface area contributed by atoms with Crippen LogP contribution in [0.3, 0.4) is 0 Å². The molecule has 0 amide bonds. The Kier molecular flexibility index (Phi) is 4.90. The van der Waals surface area contributed by atoms with E-state index in [9.17, 15) is 0 Å². The predicted molar refractivity (Wildman–Crippen MR) is 77.1 cm³/mol. The third-order valence-corrected chi connectivity index (χ3v) is 3.41. The number of imidazole rings is 1. The zero-order chi connectivity index (χ0) is 13.5. The van der Waals surface area contributed by atoms with Crippen molar-refractivity contribution >= 4 is 11.8 Å². The molecule has 0 aliphatic carbocycles. The van der Waals surface area contributed by atoms with Crippen LogP contribution in [0.2, 0.25) is 0 Å². The van der Waals surface area contributed by atoms with Crippen LogP contribution in [-0.4, -0.2) is 23.6 Å². The predicted octanol–water partition coefficient (Wildman–Crippen LogP) is 2.02. The molecule has 0 aliphatic rings. The third-order valence-electron chi connectivity index (χ3n) is 2.44. The first-order chi connectivity index (χ1) is 9.33. The number of nitrogens with zero attached hydrogens (tertiary/aromatic N) is 1. The van der Waals surface area contributed by atoms with Crippen LogP contribution in [0.15, 0.2) is 35.7 Å². The molecule has 2 rings (SSSR count). The van der Waals surface area contributed by atoms with E-state index < -0.39 is 0 Å². The largest absolute Gasteiger partial charge is 0.495 e. The van der Waals surface area contributed by atoms with Crippen LogP contribution in [-0.2, 0) is 5.75 Å². The lowest BCUT2D eigenvalue weighted by atomic mass is 10.1. The molecule has 0 saturated carbocycles. The van der Waals surface area contributed by atoms with Gasteiger partial charge in [-0.15, -0.1) is 0 Å². The van der Waals surface area contributed by atoms with Gasteiger partial charge in [0.2, 0.25) is 0 Å². The normalized spacial score (nSPS) is 9.79. The van der Waals surface area contributed by atoms with Gasteiger partial charge in [0.05, 0.1) is 19.2 Å². The van der Waals surface area contributed by atoms with Gasteiger partial charge in [0.1, 0.15) is 5.75 Å². The molecule has 0 fully saturated rings. The van der Waals surface area contributed by atoms with Crippen molar-refractivity contribution < 1.29 is 4.74 Å². The van der Waals surface area contributed by atoms with Crippen LogP contribution in [0.4, 0.5) is 0 Å². The van der Waals surface area contributed by atoms with Crippen molar-refractivity contribution in [3.8, 4) is 17.6 Å². The molecule has 0 atom stereocenters. The second-order valence-electron chi connectivity index (χ2n) is 3.72. The van der Waals surface area contributed by atoms with Gasteiger partial charge in [-0.3, -0.25) is 0 Å². The molecule has 1 heterocycles. The highest BCUT2D eigenvalue weighted by Gasteiger charge is 2.03. The smallest absolute Gasteiger partial charge is 0.165 e. The van der Waals surface area contributed by atoms with Crippen molar-refractivity contribution in [3.05, 3.63) is 41.7 Å². The number of hydrogen-bond donors (Lipinski definition) is 2. The minimum absolute atomic E-state index is 0.342. The fraction of sp³-hybridized carbons (Fsp3) is 0.214. The Morgan fingerprint density at radius 1 is 1.47 bits per heavy atom. The Morgan fingerprint density at radius 3 is 3.05 bits per heavy atom. The maximum Gasteiger partial charge on any atom is 0.165 e. The second kappa shape index (κ2) is 6.88. The van der Waals surface area contributed by atoms with Crippen molar-refractivity contribution in [1.82, 2.24) is 9.97 Å². The molecule has 2 aromatic rings. The van der Waals surface area contributed by atoms with Crippen molar-refractivity contribution in [2.45, 2.75) is 10.9 Å². The van der Waals surface area contributed by atoms with Gasteiger partial charge in [0, 0.05) is 18.1 Å². The zero-order valence-corrected chi connectivity index (χ0v) is 11.5. The number of thioether (sulfide) groups is 1. The van der Waals surface area contributed by atoms with Gasteiger partial charge in [0.15, 0.2) is 5.16 Å². The molecule has 0 aliphatic heterocycles. The standard InChI is InChI=1S/C14H15N3OS/c1-18-13-5-4-11(9-12(13)3-2-6-15)10-19-14-16-7-8-17-14/h4-5,7-9H,6,10,15H2,1H3,(H,16,17). The van der Waals surface area contributed by atoms with E-state index in [1.165, 1.54) is 5.56 Å². The summed E-state index contributed by atoms with van der Waals surface area (Å²) in [6.45, 7) is 0.342. The molecule has 1 aromatic heterocycles. The highest BCUT2D eigenvalue weighted by atomic mass is 32.2. The van der Waals surface area contributed by atoms with E-state index >= 15 is 0 Å². The highest BCUT2D eigenvalue weighted by molar-refractivity contribution is 7.98. The topological polar surface area (TPSA) is 63.9 Å². The van der Waals surface area contributed by atoms with Gasteiger partial charge in [0.25, 0.3) is 0 Å². The number of methoxy groups -OCH3 is 1. The van der Waals surface area contributed by atoms with Crippen LogP contribution in [0, 0.1) is 11.8 Å². The SMILES string of the molecule is COc1ccc(CSc2ncc[nH]2)cc1C#CCN. The number of rotatable bonds is 4. The van der Waals surface area contributed by atoms with Gasteiger partial charge in [-0.05, 0) is 17.7 Å². The number of nitrogens with two attached hydrogens (primary N) is 1. The van der Waals surface area contributed by atoms with E-state index in [0.29, 0.717) is 6.54 Å². The van der Waals surface area contributed by atoms with Crippen molar-refractivity contribution in [1.29, 1.82) is 0 Å². The molecule has 19 heavy (non-hydrogen) atoms. The number of ether oxygens (including phenoxy) is 1. The maximum absolute atomic E-state index is 5.40. The summed E-state index contributed by atoms with van der Waals surface area (Å²) in [4.78, 5) is 7.24. The third kappa shape index (κ3) is 3.78. The number of aromatic amines is 1. The van der Waals surface area contributed by atoms with Crippen LogP contribution in [0.25, 0.3) is 0 Å². The quantitative estimate of drug-likeness (QED) is 0.661. The molecule has 0 spiro atoms. The van der Waals surface area contributed by atoms with Crippen LogP contribution < -0.4 is 10.5 Å². The first-order valence-electron chi connectivity index (χ1n) is 5.81. The van der Waals surface area contributed by atoms with E-state index in [4.69, 9.17) is 10.5 Å². The summed E-state index contributed by atoms with van der Waals surface area (Å²) < 4.78 is 5.28. The first-order valence-corrected chi connectivity index (χ1v) is 6.80. The lowest BCUT2D eigenvalue weighted by Crippen LogP contribution is -1.94. The van der Waals surface area contributed by atoms with Crippen LogP contribution in [0.5, 0.6) is 5.75 Å². The van der Waals surface area contributed by atoms with Crippen molar-refractivity contribution in [3.63, 3.8) is 0 Å². The molecule has 1 aromatic carbocycles. The van der Waals surface area contributed by atoms with Gasteiger partial charge in [-0.25, -0.2) is 4.98 Å². The van der Waals surface area contributed by atoms with E-state index in [-0.39, 0.29) is 0 Å². The second-order valence-corrected chi connectivity index (χ2v) is 4.69. The summed E-state index contributed by atoms with van der Waals surface area (Å²) >= 11 is 1.65. The van der Waals surface area contributed by atoms with Crippen molar-refractivity contribution in [2.75, 3.05) is 13.7 Å². The minimum atomic E-state index is 0.342. The Labute approximate surface area is 116 Å². The maximum atomic E-state index is 5.40. The summed E-state index contributed by atoms with van der Waals surface area (Å²) in [5.74, 6) is 7.47. The van der Waals surface area contributed by atoms with E-state index in [1.54, 1.807) is 25.1 Å². The van der Waals surface area contributed by atoms with Gasteiger partial charge in [-0.1, -0.05) is 29.7 Å². The lowest BCUT2D eigenvalue weighted by molar-refractivity contribution is 0.413. The number of hydrogen-bond acceptors (Lipinski definition) is 4. The number of benzene rings is 1. The van der Waals surface area contributed by atoms with Crippen molar-refractivity contribution in [2.24, 2.45) is 5.73 Å². The average molecular weight is 273 g/mol. The summed E-state index contributed by atoms with van der Waals surface area (Å²) in [6.07, 6.45) is 3.56. The molecule has 5 heteroatoms. The summed E-state index contributed by atoms with van der Waals surface area (Å²) in [7, 11) is 1.64. The summed E-state index contributed by atoms with van der Waals surface area (Å²) in [5.41, 5.74) is 7.43. The number of aromatic nitrogens is 2. The molecule has 0 saturated heterocycles. The molecular formula is C14H15N3OS. The zero-order valence-electron chi connectivity index (χ0n) is 10.6. The fourth-order valence-electron chi connectivity index (χ4n) is 1.57. The Bertz CT molecular complexity index is 584. The van der Waals surface area contributed by atoms with Gasteiger partial charge >= 0.3 is 0 Å². The first kappa shape index (κ1) is 13.5. The fourth-order valence-corrected chi connectivity index (χ4v) is 2.34. The summed E-state index contributed by atoms with van der Waals surface area (Å²) in [5, 5.41) is 0.908. The Balaban J connectivity index is 2.13. The Morgan fingerprint density at radius 2 is 2.37 bits per heavy atom. The monoisotopic (exact) mass is 273 g/mol. The molecule has 0 bridgehead atoms. The van der Waals surface area contributed by atoms with E-state index in [2.05, 4.69) is 21.8 Å². The van der Waals surface area contributed by atoms with Crippen LogP contribution >= 0.6 is 11.8 Å². The molecule has 98 valence electrons. The molecule has 4 nitrogen and oxygen atoms in total. The average Bonchev–Trinajstić information content (AvgIpc) is 2.96. The van der Waals surface area contributed by atoms with E-state index in [1.807, 2.05) is 24.4 Å². The minimum Gasteiger partial charge on any atom is -0.495 e. The van der Waals surface area contributed by atoms with Gasteiger partial charge in [-0.2, -0.15) is 0 Å². The highest BCUT2D eigenvalue weighted by Crippen LogP contribution is 2.23. The lowest BCUT2D eigenvalue weighted by Gasteiger charge is -2.06. The molecule has 3 N–H and O–H groups in total. The Hall–Kier alpha value is -1.90. The molecular weight excluding hydrogens is 258 g/mol. The van der Waals surface area contributed by atoms with Crippen LogP contribution in [0.1, 0.15) is 11.1 Å². The van der Waals surface area contributed by atoms with E-state index in [0.717, 1.165) is 22.2 Å². The molecule has 0 unspecified atom stereocenters. The number of nitrogens with one attached hydrogen (secondary N) is 1. The summed E-state index contributed by atoms with van der Waals surface area (Å²) in [6, 6.07) is 5.98.